The number of rotatable bonds is 3. The van der Waals surface area contributed by atoms with Crippen LogP contribution in [0.1, 0.15) is 39.0 Å². The van der Waals surface area contributed by atoms with Gasteiger partial charge in [-0.25, -0.2) is 4.39 Å². The van der Waals surface area contributed by atoms with E-state index in [1.54, 1.807) is 0 Å². The second-order valence-electron chi connectivity index (χ2n) is 5.41. The molecule has 1 aromatic rings. The first-order chi connectivity index (χ1) is 9.49. The summed E-state index contributed by atoms with van der Waals surface area (Å²) in [6, 6.07) is 2.63. The molecule has 2 atom stereocenters. The molecule has 0 radical (unpaired) electrons. The Kier molecular flexibility index (Phi) is 4.96. The molecule has 1 saturated carbocycles. The van der Waals surface area contributed by atoms with E-state index in [0.29, 0.717) is 11.6 Å². The lowest BCUT2D eigenvalue weighted by Crippen LogP contribution is -2.26. The Hall–Kier alpha value is -1.17. The maximum atomic E-state index is 13.5. The minimum absolute atomic E-state index is 0.202. The van der Waals surface area contributed by atoms with Crippen LogP contribution in [0.3, 0.4) is 0 Å². The third-order valence-corrected chi connectivity index (χ3v) is 4.55. The second kappa shape index (κ2) is 6.52. The van der Waals surface area contributed by atoms with Crippen molar-refractivity contribution >= 4 is 27.3 Å². The van der Waals surface area contributed by atoms with E-state index >= 15 is 0 Å². The number of anilines is 1. The fourth-order valence-electron chi connectivity index (χ4n) is 2.71. The maximum absolute atomic E-state index is 13.5. The Labute approximate surface area is 126 Å². The normalized spacial score (nSPS) is 23.1. The van der Waals surface area contributed by atoms with Crippen molar-refractivity contribution in [3.05, 3.63) is 32.5 Å². The summed E-state index contributed by atoms with van der Waals surface area (Å²) in [7, 11) is 0. The Balaban J connectivity index is 2.27. The number of halogens is 2. The van der Waals surface area contributed by atoms with Gasteiger partial charge in [0.25, 0.3) is 5.69 Å². The molecule has 1 fully saturated rings. The highest BCUT2D eigenvalue weighted by atomic mass is 79.9. The fraction of sp³-hybridized carbons (Fsp3) is 0.571. The molecule has 4 nitrogen and oxygen atoms in total. The Morgan fingerprint density at radius 2 is 2.05 bits per heavy atom. The summed E-state index contributed by atoms with van der Waals surface area (Å²) < 4.78 is 13.7. The Morgan fingerprint density at radius 1 is 1.35 bits per heavy atom. The van der Waals surface area contributed by atoms with Crippen molar-refractivity contribution in [3.63, 3.8) is 0 Å². The Bertz CT molecular complexity index is 510. The molecule has 1 aliphatic rings. The summed E-state index contributed by atoms with van der Waals surface area (Å²) in [4.78, 5) is 10.5. The zero-order valence-electron chi connectivity index (χ0n) is 11.4. The summed E-state index contributed by atoms with van der Waals surface area (Å²) in [5, 5.41) is 14.3. The number of hydrogen-bond donors (Lipinski definition) is 1. The molecule has 0 spiro atoms. The predicted molar refractivity (Wildman–Crippen MR) is 80.4 cm³/mol. The molecule has 0 bridgehead atoms. The van der Waals surface area contributed by atoms with E-state index in [1.165, 1.54) is 18.9 Å². The molecule has 2 unspecified atom stereocenters. The number of nitrogens with one attached hydrogen (secondary N) is 1. The van der Waals surface area contributed by atoms with Crippen LogP contribution in [0, 0.1) is 21.8 Å². The smallest absolute Gasteiger partial charge is 0.295 e. The summed E-state index contributed by atoms with van der Waals surface area (Å²) >= 11 is 3.09. The van der Waals surface area contributed by atoms with Crippen molar-refractivity contribution < 1.29 is 9.31 Å². The quantitative estimate of drug-likeness (QED) is 0.483. The monoisotopic (exact) mass is 344 g/mol. The highest BCUT2D eigenvalue weighted by molar-refractivity contribution is 9.10. The summed E-state index contributed by atoms with van der Waals surface area (Å²) in [6.45, 7) is 2.16. The van der Waals surface area contributed by atoms with E-state index in [0.717, 1.165) is 25.3 Å². The van der Waals surface area contributed by atoms with Crippen molar-refractivity contribution in [2.75, 3.05) is 5.32 Å². The van der Waals surface area contributed by atoms with Crippen molar-refractivity contribution in [3.8, 4) is 0 Å². The molecule has 0 saturated heterocycles. The van der Waals surface area contributed by atoms with E-state index < -0.39 is 10.7 Å². The maximum Gasteiger partial charge on any atom is 0.295 e. The molecule has 2 rings (SSSR count). The number of hydrogen-bond acceptors (Lipinski definition) is 3. The molecular formula is C14H18BrFN2O2. The summed E-state index contributed by atoms with van der Waals surface area (Å²) in [5.41, 5.74) is 0.184. The van der Waals surface area contributed by atoms with E-state index in [1.807, 2.05) is 0 Å². The Morgan fingerprint density at radius 3 is 2.75 bits per heavy atom. The van der Waals surface area contributed by atoms with Crippen LogP contribution >= 0.6 is 15.9 Å². The van der Waals surface area contributed by atoms with Gasteiger partial charge in [-0.15, -0.1) is 0 Å². The van der Waals surface area contributed by atoms with Crippen LogP contribution in [0.15, 0.2) is 16.6 Å². The average Bonchev–Trinajstić information content (AvgIpc) is 2.59. The first kappa shape index (κ1) is 15.2. The topological polar surface area (TPSA) is 55.2 Å². The molecule has 0 amide bonds. The van der Waals surface area contributed by atoms with Crippen molar-refractivity contribution in [2.24, 2.45) is 5.92 Å². The molecule has 0 aromatic heterocycles. The van der Waals surface area contributed by atoms with Gasteiger partial charge in [-0.05, 0) is 40.8 Å². The first-order valence-electron chi connectivity index (χ1n) is 6.89. The summed E-state index contributed by atoms with van der Waals surface area (Å²) in [5.74, 6) is -0.155. The van der Waals surface area contributed by atoms with Gasteiger partial charge >= 0.3 is 0 Å². The van der Waals surface area contributed by atoms with Gasteiger partial charge in [-0.2, -0.15) is 0 Å². The van der Waals surface area contributed by atoms with Crippen molar-refractivity contribution in [1.29, 1.82) is 0 Å². The molecule has 20 heavy (non-hydrogen) atoms. The van der Waals surface area contributed by atoms with Crippen LogP contribution in [-0.4, -0.2) is 11.0 Å². The van der Waals surface area contributed by atoms with E-state index in [2.05, 4.69) is 28.2 Å². The van der Waals surface area contributed by atoms with Crippen molar-refractivity contribution in [2.45, 2.75) is 45.1 Å². The van der Waals surface area contributed by atoms with Crippen LogP contribution in [0.5, 0.6) is 0 Å². The number of nitrogens with zero attached hydrogens (tertiary/aromatic N) is 1. The molecule has 0 aliphatic heterocycles. The highest BCUT2D eigenvalue weighted by Crippen LogP contribution is 2.33. The summed E-state index contributed by atoms with van der Waals surface area (Å²) in [6.07, 6.45) is 5.64. The predicted octanol–water partition coefficient (Wildman–Crippen LogP) is 4.88. The first-order valence-corrected chi connectivity index (χ1v) is 7.68. The number of nitro benzene ring substituents is 1. The lowest BCUT2D eigenvalue weighted by molar-refractivity contribution is -0.384. The lowest BCUT2D eigenvalue weighted by atomic mass is 9.96. The zero-order valence-corrected chi connectivity index (χ0v) is 13.0. The molecule has 6 heteroatoms. The lowest BCUT2D eigenvalue weighted by Gasteiger charge is -2.24. The van der Waals surface area contributed by atoms with E-state index in [4.69, 9.17) is 0 Å². The van der Waals surface area contributed by atoms with Gasteiger partial charge in [0.05, 0.1) is 15.5 Å². The molecule has 1 N–H and O–H groups in total. The zero-order chi connectivity index (χ0) is 14.7. The van der Waals surface area contributed by atoms with Gasteiger partial charge in [0.2, 0.25) is 0 Å². The molecule has 1 aromatic carbocycles. The van der Waals surface area contributed by atoms with Gasteiger partial charge in [-0.3, -0.25) is 10.1 Å². The van der Waals surface area contributed by atoms with Gasteiger partial charge in [0.15, 0.2) is 0 Å². The second-order valence-corrected chi connectivity index (χ2v) is 6.26. The van der Waals surface area contributed by atoms with Gasteiger partial charge in [0.1, 0.15) is 11.5 Å². The third kappa shape index (κ3) is 3.48. The number of benzene rings is 1. The van der Waals surface area contributed by atoms with Gasteiger partial charge in [-0.1, -0.05) is 26.2 Å². The van der Waals surface area contributed by atoms with Crippen LogP contribution in [0.25, 0.3) is 0 Å². The van der Waals surface area contributed by atoms with Crippen LogP contribution in [-0.2, 0) is 0 Å². The van der Waals surface area contributed by atoms with Crippen molar-refractivity contribution in [1.82, 2.24) is 0 Å². The molecule has 1 aliphatic carbocycles. The minimum atomic E-state index is -0.615. The largest absolute Gasteiger partial charge is 0.376 e. The number of nitro groups is 1. The van der Waals surface area contributed by atoms with E-state index in [9.17, 15) is 14.5 Å². The van der Waals surface area contributed by atoms with Crippen LogP contribution in [0.4, 0.5) is 15.8 Å². The van der Waals surface area contributed by atoms with Crippen LogP contribution in [0.2, 0.25) is 0 Å². The average molecular weight is 345 g/mol. The molecular weight excluding hydrogens is 327 g/mol. The van der Waals surface area contributed by atoms with Crippen LogP contribution < -0.4 is 5.32 Å². The SMILES string of the molecule is CC1CCCCCC1Nc1cc(Br)c(F)cc1[N+](=O)[O-]. The van der Waals surface area contributed by atoms with E-state index in [-0.39, 0.29) is 16.2 Å². The fourth-order valence-corrected chi connectivity index (χ4v) is 3.05. The standard InChI is InChI=1S/C14H18BrFN2O2/c1-9-5-3-2-4-6-12(9)17-13-7-10(15)11(16)8-14(13)18(19)20/h7-9,12,17H,2-6H2,1H3. The van der Waals surface area contributed by atoms with Gasteiger partial charge in [0, 0.05) is 6.04 Å². The highest BCUT2D eigenvalue weighted by Gasteiger charge is 2.24. The molecule has 0 heterocycles. The van der Waals surface area contributed by atoms with Gasteiger partial charge < -0.3 is 5.32 Å². The third-order valence-electron chi connectivity index (χ3n) is 3.94. The molecule has 110 valence electrons. The minimum Gasteiger partial charge on any atom is -0.376 e.